The highest BCUT2D eigenvalue weighted by molar-refractivity contribution is 8.24. The fourth-order valence-electron chi connectivity index (χ4n) is 3.46. The van der Waals surface area contributed by atoms with Crippen LogP contribution in [-0.2, 0) is 11.2 Å². The van der Waals surface area contributed by atoms with Crippen LogP contribution in [0.3, 0.4) is 0 Å². The second-order valence-corrected chi connectivity index (χ2v) is 7.96. The molecule has 0 saturated carbocycles. The Morgan fingerprint density at radius 3 is 2.75 bits per heavy atom. The van der Waals surface area contributed by atoms with Crippen molar-refractivity contribution in [2.24, 2.45) is 10.7 Å². The lowest BCUT2D eigenvalue weighted by atomic mass is 10.0. The number of carbonyl (C=O) groups is 1. The van der Waals surface area contributed by atoms with Crippen LogP contribution in [-0.4, -0.2) is 33.1 Å². The van der Waals surface area contributed by atoms with Gasteiger partial charge in [0.1, 0.15) is 5.65 Å². The number of amidine groups is 1. The Hall–Kier alpha value is -3.91. The Kier molecular flexibility index (Phi) is 6.32. The zero-order valence-corrected chi connectivity index (χ0v) is 18.3. The van der Waals surface area contributed by atoms with Gasteiger partial charge in [0.15, 0.2) is 5.17 Å². The van der Waals surface area contributed by atoms with E-state index in [4.69, 9.17) is 11.1 Å². The van der Waals surface area contributed by atoms with E-state index >= 15 is 0 Å². The van der Waals surface area contributed by atoms with Gasteiger partial charge in [-0.2, -0.15) is 0 Å². The van der Waals surface area contributed by atoms with E-state index < -0.39 is 0 Å². The molecule has 0 bridgehead atoms. The Labute approximate surface area is 189 Å². The number of nitrogens with one attached hydrogen (secondary N) is 2. The van der Waals surface area contributed by atoms with Crippen LogP contribution in [0, 0.1) is 5.41 Å². The summed E-state index contributed by atoms with van der Waals surface area (Å²) in [6.07, 6.45) is 4.18. The van der Waals surface area contributed by atoms with Gasteiger partial charge in [-0.05, 0) is 52.7 Å². The summed E-state index contributed by atoms with van der Waals surface area (Å²) in [5.74, 6) is -0.0137. The molecule has 8 heteroatoms. The second kappa shape index (κ2) is 9.49. The summed E-state index contributed by atoms with van der Waals surface area (Å²) in [5.41, 5.74) is 13.4. The Morgan fingerprint density at radius 2 is 1.94 bits per heavy atom. The van der Waals surface area contributed by atoms with Gasteiger partial charge in [0.25, 0.3) is 0 Å². The third kappa shape index (κ3) is 4.70. The van der Waals surface area contributed by atoms with Crippen LogP contribution in [0.2, 0.25) is 0 Å². The Balaban J connectivity index is 1.66. The summed E-state index contributed by atoms with van der Waals surface area (Å²) in [7, 11) is 1.64. The number of carbonyl (C=O) groups excluding carboxylic acids is 1. The first-order valence-electron chi connectivity index (χ1n) is 9.94. The number of amides is 1. The number of fused-ring (bicyclic) bond motifs is 1. The smallest absolute Gasteiger partial charge is 0.224 e. The minimum atomic E-state index is -0.0137. The first-order valence-corrected chi connectivity index (χ1v) is 10.8. The minimum Gasteiger partial charge on any atom is -0.378 e. The average Bonchev–Trinajstić information content (AvgIpc) is 3.23. The second-order valence-electron chi connectivity index (χ2n) is 7.07. The van der Waals surface area contributed by atoms with E-state index in [0.717, 1.165) is 50.9 Å². The third-order valence-corrected chi connectivity index (χ3v) is 5.43. The highest BCUT2D eigenvalue weighted by Crippen LogP contribution is 2.28. The van der Waals surface area contributed by atoms with Gasteiger partial charge < -0.3 is 16.5 Å². The molecule has 0 aliphatic rings. The van der Waals surface area contributed by atoms with Crippen molar-refractivity contribution in [3.63, 3.8) is 0 Å². The summed E-state index contributed by atoms with van der Waals surface area (Å²) in [4.78, 5) is 20.6. The summed E-state index contributed by atoms with van der Waals surface area (Å²) >= 11 is 1.07. The van der Waals surface area contributed by atoms with Gasteiger partial charge >= 0.3 is 0 Å². The normalized spacial score (nSPS) is 11.5. The molecule has 0 spiro atoms. The summed E-state index contributed by atoms with van der Waals surface area (Å²) in [6, 6.07) is 19.8. The maximum absolute atomic E-state index is 11.7. The molecule has 7 nitrogen and oxygen atoms in total. The molecule has 0 aliphatic carbocycles. The molecule has 4 N–H and O–H groups in total. The molecule has 0 atom stereocenters. The van der Waals surface area contributed by atoms with Crippen molar-refractivity contribution in [2.75, 3.05) is 7.05 Å². The number of rotatable bonds is 6. The zero-order valence-electron chi connectivity index (χ0n) is 17.4. The molecule has 32 heavy (non-hydrogen) atoms. The van der Waals surface area contributed by atoms with E-state index in [2.05, 4.69) is 15.3 Å². The van der Waals surface area contributed by atoms with Crippen LogP contribution in [0.15, 0.2) is 78.0 Å². The minimum absolute atomic E-state index is 0.0137. The number of pyridine rings is 1. The summed E-state index contributed by atoms with van der Waals surface area (Å²) < 4.78 is 2.02. The van der Waals surface area contributed by atoms with Crippen LogP contribution < -0.4 is 11.1 Å². The van der Waals surface area contributed by atoms with Crippen molar-refractivity contribution in [1.29, 1.82) is 5.41 Å². The van der Waals surface area contributed by atoms with E-state index in [1.165, 1.54) is 0 Å². The van der Waals surface area contributed by atoms with Crippen molar-refractivity contribution in [2.45, 2.75) is 6.42 Å². The molecule has 2 aromatic heterocycles. The van der Waals surface area contributed by atoms with E-state index in [1.807, 2.05) is 77.5 Å². The predicted octanol–water partition coefficient (Wildman–Crippen LogP) is 4.24. The lowest BCUT2D eigenvalue weighted by Crippen LogP contribution is -2.19. The molecule has 0 unspecified atom stereocenters. The van der Waals surface area contributed by atoms with Crippen LogP contribution in [0.1, 0.15) is 5.56 Å². The van der Waals surface area contributed by atoms with E-state index in [9.17, 15) is 4.79 Å². The highest BCUT2D eigenvalue weighted by atomic mass is 32.2. The fourth-order valence-corrected chi connectivity index (χ4v) is 3.74. The maximum Gasteiger partial charge on any atom is 0.224 e. The van der Waals surface area contributed by atoms with Crippen molar-refractivity contribution in [3.05, 3.63) is 78.6 Å². The molecule has 0 aliphatic heterocycles. The number of likely N-dealkylation sites (N-methyl/N-ethyl adjacent to an activating group) is 1. The topological polar surface area (TPSA) is 109 Å². The van der Waals surface area contributed by atoms with Gasteiger partial charge in [-0.1, -0.05) is 36.4 Å². The van der Waals surface area contributed by atoms with Gasteiger partial charge in [-0.3, -0.25) is 9.20 Å². The SMILES string of the molecule is CNC(=O)Cc1cccc(-c2ccn3c(-c4cccc(N=C(N)SC=N)c4)cnc3c2)c1. The van der Waals surface area contributed by atoms with E-state index in [1.54, 1.807) is 7.05 Å². The lowest BCUT2D eigenvalue weighted by Gasteiger charge is -2.07. The van der Waals surface area contributed by atoms with Crippen molar-refractivity contribution in [3.8, 4) is 22.4 Å². The van der Waals surface area contributed by atoms with Crippen molar-refractivity contribution < 1.29 is 4.79 Å². The van der Waals surface area contributed by atoms with E-state index in [-0.39, 0.29) is 5.91 Å². The fraction of sp³-hybridized carbons (Fsp3) is 0.0833. The maximum atomic E-state index is 11.7. The predicted molar refractivity (Wildman–Crippen MR) is 131 cm³/mol. The first-order chi connectivity index (χ1) is 15.6. The zero-order chi connectivity index (χ0) is 22.5. The third-order valence-electron chi connectivity index (χ3n) is 4.98. The molecule has 0 radical (unpaired) electrons. The number of nitrogens with two attached hydrogens (primary N) is 1. The number of thioether (sulfide) groups is 1. The molecule has 2 heterocycles. The number of hydrogen-bond acceptors (Lipinski definition) is 5. The standard InChI is InChI=1S/C24H22N6OS/c1-27-23(31)11-16-4-2-5-17(10-16)18-8-9-30-21(14-28-22(30)13-18)19-6-3-7-20(12-19)29-24(26)32-15-25/h2-10,12-15,25H,11H2,1H3,(H2,26,29)(H,27,31). The van der Waals surface area contributed by atoms with Crippen LogP contribution in [0.5, 0.6) is 0 Å². The average molecular weight is 443 g/mol. The molecule has 2 aromatic carbocycles. The van der Waals surface area contributed by atoms with Crippen molar-refractivity contribution in [1.82, 2.24) is 14.7 Å². The Morgan fingerprint density at radius 1 is 1.16 bits per heavy atom. The quantitative estimate of drug-likeness (QED) is 0.306. The van der Waals surface area contributed by atoms with Crippen LogP contribution in [0.4, 0.5) is 5.69 Å². The molecule has 4 rings (SSSR count). The molecule has 160 valence electrons. The van der Waals surface area contributed by atoms with Gasteiger partial charge in [0.05, 0.1) is 29.5 Å². The number of aromatic nitrogens is 2. The monoisotopic (exact) mass is 442 g/mol. The Bertz CT molecular complexity index is 1330. The van der Waals surface area contributed by atoms with Crippen LogP contribution in [0.25, 0.3) is 28.0 Å². The van der Waals surface area contributed by atoms with Gasteiger partial charge in [-0.25, -0.2) is 9.98 Å². The van der Waals surface area contributed by atoms with Gasteiger partial charge in [-0.15, -0.1) is 0 Å². The molecule has 0 saturated heterocycles. The molecular formula is C24H22N6OS. The molecular weight excluding hydrogens is 420 g/mol. The molecule has 4 aromatic rings. The molecule has 1 amide bonds. The largest absolute Gasteiger partial charge is 0.378 e. The van der Waals surface area contributed by atoms with Gasteiger partial charge in [0.2, 0.25) is 5.91 Å². The lowest BCUT2D eigenvalue weighted by molar-refractivity contribution is -0.119. The molecule has 0 fully saturated rings. The number of aliphatic imine (C=N–C) groups is 1. The van der Waals surface area contributed by atoms with E-state index in [0.29, 0.717) is 17.3 Å². The highest BCUT2D eigenvalue weighted by Gasteiger charge is 2.09. The summed E-state index contributed by atoms with van der Waals surface area (Å²) in [5, 5.41) is 10.1. The van der Waals surface area contributed by atoms with Crippen molar-refractivity contribution >= 4 is 39.7 Å². The number of hydrogen-bond donors (Lipinski definition) is 3. The summed E-state index contributed by atoms with van der Waals surface area (Å²) in [6.45, 7) is 0. The first kappa shape index (κ1) is 21.3. The number of imidazole rings is 1. The van der Waals surface area contributed by atoms with Gasteiger partial charge in [0, 0.05) is 18.8 Å². The number of nitrogens with zero attached hydrogens (tertiary/aromatic N) is 3. The van der Waals surface area contributed by atoms with Crippen LogP contribution >= 0.6 is 11.8 Å². The number of benzene rings is 2.